The lowest BCUT2D eigenvalue weighted by atomic mass is 9.93. The van der Waals surface area contributed by atoms with Crippen LogP contribution in [0.1, 0.15) is 37.7 Å². The lowest BCUT2D eigenvalue weighted by Gasteiger charge is -2.28. The molecule has 1 aliphatic carbocycles. The van der Waals surface area contributed by atoms with Crippen molar-refractivity contribution in [3.05, 3.63) is 29.8 Å². The Labute approximate surface area is 126 Å². The highest BCUT2D eigenvalue weighted by Crippen LogP contribution is 2.39. The summed E-state index contributed by atoms with van der Waals surface area (Å²) in [4.78, 5) is 15.2. The van der Waals surface area contributed by atoms with E-state index in [0.29, 0.717) is 11.8 Å². The highest BCUT2D eigenvalue weighted by Gasteiger charge is 2.44. The lowest BCUT2D eigenvalue weighted by molar-refractivity contribution is -0.121. The van der Waals surface area contributed by atoms with E-state index in [1.54, 1.807) is 0 Å². The monoisotopic (exact) mass is 284 g/mol. The number of carbonyl (C=O) groups is 1. The summed E-state index contributed by atoms with van der Waals surface area (Å²) in [5, 5.41) is 3.52. The fraction of sp³-hybridized carbons (Fsp3) is 0.611. The van der Waals surface area contributed by atoms with Gasteiger partial charge in [-0.1, -0.05) is 24.6 Å². The molecule has 3 unspecified atom stereocenters. The van der Waals surface area contributed by atoms with Crippen LogP contribution in [0.4, 0.5) is 5.69 Å². The highest BCUT2D eigenvalue weighted by atomic mass is 16.2. The zero-order valence-corrected chi connectivity index (χ0v) is 12.6. The second-order valence-corrected chi connectivity index (χ2v) is 6.82. The first-order valence-corrected chi connectivity index (χ1v) is 8.47. The molecular weight excluding hydrogens is 260 g/mol. The first-order chi connectivity index (χ1) is 10.3. The molecular formula is C18H24N2O. The van der Waals surface area contributed by atoms with Gasteiger partial charge in [0.2, 0.25) is 5.91 Å². The van der Waals surface area contributed by atoms with E-state index >= 15 is 0 Å². The quantitative estimate of drug-likeness (QED) is 0.860. The van der Waals surface area contributed by atoms with Crippen LogP contribution in [0.3, 0.4) is 0 Å². The molecule has 1 saturated heterocycles. The Balaban J connectivity index is 1.62. The molecule has 112 valence electrons. The zero-order chi connectivity index (χ0) is 14.2. The molecule has 1 aromatic carbocycles. The third-order valence-corrected chi connectivity index (χ3v) is 5.64. The molecule has 2 heterocycles. The number of fused-ring (bicyclic) bond motifs is 2. The normalized spacial score (nSPS) is 31.6. The van der Waals surface area contributed by atoms with Gasteiger partial charge in [-0.05, 0) is 62.1 Å². The van der Waals surface area contributed by atoms with Crippen LogP contribution in [-0.4, -0.2) is 25.0 Å². The first-order valence-electron chi connectivity index (χ1n) is 8.47. The molecule has 0 bridgehead atoms. The number of amides is 1. The van der Waals surface area contributed by atoms with Crippen LogP contribution < -0.4 is 10.2 Å². The summed E-state index contributed by atoms with van der Waals surface area (Å²) >= 11 is 0. The van der Waals surface area contributed by atoms with Crippen molar-refractivity contribution >= 4 is 11.6 Å². The van der Waals surface area contributed by atoms with Gasteiger partial charge in [-0.15, -0.1) is 0 Å². The minimum Gasteiger partial charge on any atom is -0.311 e. The average Bonchev–Trinajstić information content (AvgIpc) is 3.04. The molecule has 4 rings (SSSR count). The van der Waals surface area contributed by atoms with Crippen LogP contribution >= 0.6 is 0 Å². The Morgan fingerprint density at radius 1 is 1.14 bits per heavy atom. The molecule has 3 nitrogen and oxygen atoms in total. The van der Waals surface area contributed by atoms with Gasteiger partial charge in [0.1, 0.15) is 0 Å². The van der Waals surface area contributed by atoms with Crippen molar-refractivity contribution in [1.29, 1.82) is 0 Å². The molecule has 2 aliphatic heterocycles. The smallest absolute Gasteiger partial charge is 0.244 e. The van der Waals surface area contributed by atoms with Gasteiger partial charge >= 0.3 is 0 Å². The Kier molecular flexibility index (Phi) is 3.46. The molecule has 0 spiro atoms. The van der Waals surface area contributed by atoms with Crippen LogP contribution in [0.2, 0.25) is 0 Å². The van der Waals surface area contributed by atoms with Crippen molar-refractivity contribution < 1.29 is 4.79 Å². The van der Waals surface area contributed by atoms with E-state index in [-0.39, 0.29) is 6.04 Å². The summed E-state index contributed by atoms with van der Waals surface area (Å²) in [5.74, 6) is 1.63. The molecule has 2 fully saturated rings. The maximum absolute atomic E-state index is 13.1. The van der Waals surface area contributed by atoms with Gasteiger partial charge in [0.05, 0.1) is 6.04 Å². The van der Waals surface area contributed by atoms with Crippen molar-refractivity contribution in [1.82, 2.24) is 5.32 Å². The number of anilines is 1. The standard InChI is InChI=1S/C18H24N2O/c21-18(17-15-9-5-8-14(15)12-19-17)20-11-4-3-7-13-6-1-2-10-16(13)20/h1-2,6,10,14-15,17,19H,3-5,7-9,11-12H2. The molecule has 0 aromatic heterocycles. The maximum Gasteiger partial charge on any atom is 0.244 e. The van der Waals surface area contributed by atoms with Crippen LogP contribution in [0.15, 0.2) is 24.3 Å². The van der Waals surface area contributed by atoms with Crippen molar-refractivity contribution in [3.8, 4) is 0 Å². The van der Waals surface area contributed by atoms with Crippen LogP contribution in [0, 0.1) is 11.8 Å². The van der Waals surface area contributed by atoms with Crippen molar-refractivity contribution in [3.63, 3.8) is 0 Å². The minimum atomic E-state index is 0.0589. The van der Waals surface area contributed by atoms with Gasteiger partial charge in [-0.3, -0.25) is 4.79 Å². The summed E-state index contributed by atoms with van der Waals surface area (Å²) in [6.45, 7) is 1.92. The molecule has 1 saturated carbocycles. The number of carbonyl (C=O) groups excluding carboxylic acids is 1. The third kappa shape index (κ3) is 2.28. The van der Waals surface area contributed by atoms with Gasteiger partial charge < -0.3 is 10.2 Å². The van der Waals surface area contributed by atoms with Crippen LogP contribution in [-0.2, 0) is 11.2 Å². The minimum absolute atomic E-state index is 0.0589. The molecule has 1 N–H and O–H groups in total. The van der Waals surface area contributed by atoms with Crippen molar-refractivity contribution in [2.24, 2.45) is 11.8 Å². The molecule has 1 amide bonds. The lowest BCUT2D eigenvalue weighted by Crippen LogP contribution is -2.47. The predicted octanol–water partition coefficient (Wildman–Crippen LogP) is 2.74. The second kappa shape index (κ2) is 5.45. The third-order valence-electron chi connectivity index (χ3n) is 5.64. The molecule has 1 aromatic rings. The van der Waals surface area contributed by atoms with E-state index in [2.05, 4.69) is 34.5 Å². The number of para-hydroxylation sites is 1. The number of rotatable bonds is 1. The largest absolute Gasteiger partial charge is 0.311 e. The SMILES string of the molecule is O=C(C1NCC2CCCC21)N1CCCCc2ccccc21. The van der Waals surface area contributed by atoms with E-state index < -0.39 is 0 Å². The van der Waals surface area contributed by atoms with Crippen molar-refractivity contribution in [2.45, 2.75) is 44.6 Å². The van der Waals surface area contributed by atoms with Gasteiger partial charge in [-0.25, -0.2) is 0 Å². The zero-order valence-electron chi connectivity index (χ0n) is 12.6. The van der Waals surface area contributed by atoms with E-state index in [4.69, 9.17) is 0 Å². The molecule has 3 aliphatic rings. The predicted molar refractivity (Wildman–Crippen MR) is 84.4 cm³/mol. The summed E-state index contributed by atoms with van der Waals surface area (Å²) in [6, 6.07) is 8.52. The Morgan fingerprint density at radius 3 is 3.00 bits per heavy atom. The number of nitrogens with one attached hydrogen (secondary N) is 1. The van der Waals surface area contributed by atoms with Crippen LogP contribution in [0.25, 0.3) is 0 Å². The van der Waals surface area contributed by atoms with E-state index in [1.165, 1.54) is 31.2 Å². The number of hydrogen-bond acceptors (Lipinski definition) is 2. The molecule has 21 heavy (non-hydrogen) atoms. The van der Waals surface area contributed by atoms with Gasteiger partial charge in [0, 0.05) is 12.2 Å². The second-order valence-electron chi connectivity index (χ2n) is 6.82. The summed E-state index contributed by atoms with van der Waals surface area (Å²) in [6.07, 6.45) is 7.23. The highest BCUT2D eigenvalue weighted by molar-refractivity contribution is 5.98. The van der Waals surface area contributed by atoms with Gasteiger partial charge in [0.15, 0.2) is 0 Å². The fourth-order valence-corrected chi connectivity index (χ4v) is 4.55. The van der Waals surface area contributed by atoms with Crippen molar-refractivity contribution in [2.75, 3.05) is 18.0 Å². The van der Waals surface area contributed by atoms with Crippen LogP contribution in [0.5, 0.6) is 0 Å². The number of hydrogen-bond donors (Lipinski definition) is 1. The van der Waals surface area contributed by atoms with Gasteiger partial charge in [0.25, 0.3) is 0 Å². The number of benzene rings is 1. The topological polar surface area (TPSA) is 32.3 Å². The Morgan fingerprint density at radius 2 is 2.05 bits per heavy atom. The molecule has 3 atom stereocenters. The first kappa shape index (κ1) is 13.3. The number of nitrogens with zero attached hydrogens (tertiary/aromatic N) is 1. The van der Waals surface area contributed by atoms with E-state index in [9.17, 15) is 4.79 Å². The maximum atomic E-state index is 13.1. The molecule has 3 heteroatoms. The van der Waals surface area contributed by atoms with Gasteiger partial charge in [-0.2, -0.15) is 0 Å². The summed E-state index contributed by atoms with van der Waals surface area (Å²) < 4.78 is 0. The van der Waals surface area contributed by atoms with E-state index in [1.807, 2.05) is 0 Å². The average molecular weight is 284 g/mol. The summed E-state index contributed by atoms with van der Waals surface area (Å²) in [7, 11) is 0. The number of aryl methyl sites for hydroxylation is 1. The Hall–Kier alpha value is -1.35. The fourth-order valence-electron chi connectivity index (χ4n) is 4.55. The molecule has 0 radical (unpaired) electrons. The Bertz CT molecular complexity index is 542. The summed E-state index contributed by atoms with van der Waals surface area (Å²) in [5.41, 5.74) is 2.49. The van der Waals surface area contributed by atoms with E-state index in [0.717, 1.165) is 37.5 Å².